The first-order valence-electron chi connectivity index (χ1n) is 7.15. The van der Waals surface area contributed by atoms with Gasteiger partial charge in [0.1, 0.15) is 6.54 Å². The summed E-state index contributed by atoms with van der Waals surface area (Å²) in [6.07, 6.45) is 4.07. The van der Waals surface area contributed by atoms with E-state index in [-0.39, 0.29) is 18.6 Å². The van der Waals surface area contributed by atoms with Gasteiger partial charge in [-0.05, 0) is 38.0 Å². The van der Waals surface area contributed by atoms with Gasteiger partial charge in [0, 0.05) is 31.5 Å². The number of rotatable bonds is 7. The fourth-order valence-electron chi connectivity index (χ4n) is 1.98. The lowest BCUT2D eigenvalue weighted by Crippen LogP contribution is -2.48. The molecule has 1 unspecified atom stereocenters. The molecule has 0 aliphatic rings. The Morgan fingerprint density at radius 1 is 1.29 bits per heavy atom. The van der Waals surface area contributed by atoms with Crippen molar-refractivity contribution >= 4 is 12.0 Å². The average Bonchev–Trinajstić information content (AvgIpc) is 2.49. The second kappa shape index (κ2) is 8.24. The minimum atomic E-state index is -0.997. The third-order valence-electron chi connectivity index (χ3n) is 3.45. The van der Waals surface area contributed by atoms with Crippen molar-refractivity contribution in [3.8, 4) is 0 Å². The Balaban J connectivity index is 2.85. The molecule has 0 aromatic carbocycles. The van der Waals surface area contributed by atoms with Crippen LogP contribution in [0.1, 0.15) is 32.8 Å². The van der Waals surface area contributed by atoms with Crippen molar-refractivity contribution in [1.82, 2.24) is 14.8 Å². The highest BCUT2D eigenvalue weighted by atomic mass is 16.4. The molecule has 0 aliphatic heterocycles. The Morgan fingerprint density at radius 3 is 2.38 bits per heavy atom. The Bertz CT molecular complexity index is 464. The van der Waals surface area contributed by atoms with Crippen molar-refractivity contribution in [2.75, 3.05) is 13.1 Å². The first-order chi connectivity index (χ1) is 9.99. The molecule has 1 aromatic rings. The fraction of sp³-hybridized carbons (Fsp3) is 0.533. The number of hydrogen-bond acceptors (Lipinski definition) is 3. The van der Waals surface area contributed by atoms with E-state index in [9.17, 15) is 9.59 Å². The number of carbonyl (C=O) groups is 2. The molecule has 0 aliphatic carbocycles. The molecule has 1 rings (SSSR count). The summed E-state index contributed by atoms with van der Waals surface area (Å²) in [5, 5.41) is 9.00. The molecule has 2 amide bonds. The molecule has 21 heavy (non-hydrogen) atoms. The topological polar surface area (TPSA) is 73.7 Å². The molecular weight excluding hydrogens is 270 g/mol. The average molecular weight is 293 g/mol. The van der Waals surface area contributed by atoms with Crippen LogP contribution in [0.25, 0.3) is 0 Å². The van der Waals surface area contributed by atoms with Gasteiger partial charge in [0.25, 0.3) is 0 Å². The lowest BCUT2D eigenvalue weighted by atomic mass is 10.2. The quantitative estimate of drug-likeness (QED) is 0.836. The van der Waals surface area contributed by atoms with Crippen LogP contribution >= 0.6 is 0 Å². The summed E-state index contributed by atoms with van der Waals surface area (Å²) in [4.78, 5) is 30.6. The molecule has 0 radical (unpaired) electrons. The van der Waals surface area contributed by atoms with Crippen molar-refractivity contribution < 1.29 is 14.7 Å². The number of carboxylic acid groups (broad SMARTS) is 1. The van der Waals surface area contributed by atoms with Crippen molar-refractivity contribution in [3.05, 3.63) is 30.1 Å². The zero-order valence-corrected chi connectivity index (χ0v) is 12.8. The fourth-order valence-corrected chi connectivity index (χ4v) is 1.98. The Labute approximate surface area is 125 Å². The molecular formula is C15H23N3O3. The van der Waals surface area contributed by atoms with E-state index in [1.54, 1.807) is 17.3 Å². The Morgan fingerprint density at radius 2 is 1.90 bits per heavy atom. The summed E-state index contributed by atoms with van der Waals surface area (Å²) >= 11 is 0. The van der Waals surface area contributed by atoms with Gasteiger partial charge in [-0.3, -0.25) is 9.78 Å². The van der Waals surface area contributed by atoms with E-state index >= 15 is 0 Å². The highest BCUT2D eigenvalue weighted by Gasteiger charge is 2.25. The molecule has 6 heteroatoms. The predicted octanol–water partition coefficient (Wildman–Crippen LogP) is 2.21. The normalized spacial score (nSPS) is 11.8. The number of hydrogen-bond donors (Lipinski definition) is 1. The number of urea groups is 1. The van der Waals surface area contributed by atoms with Crippen LogP contribution in [0.2, 0.25) is 0 Å². The number of pyridine rings is 1. The smallest absolute Gasteiger partial charge is 0.323 e. The third kappa shape index (κ3) is 5.06. The van der Waals surface area contributed by atoms with Gasteiger partial charge >= 0.3 is 12.0 Å². The van der Waals surface area contributed by atoms with Crippen LogP contribution in [0.15, 0.2) is 24.5 Å². The van der Waals surface area contributed by atoms with Crippen LogP contribution in [0.5, 0.6) is 0 Å². The van der Waals surface area contributed by atoms with Crippen LogP contribution in [-0.2, 0) is 11.3 Å². The van der Waals surface area contributed by atoms with Gasteiger partial charge in [0.2, 0.25) is 0 Å². The molecule has 1 atom stereocenters. The number of aromatic nitrogens is 1. The van der Waals surface area contributed by atoms with E-state index in [1.807, 2.05) is 32.9 Å². The molecule has 0 bridgehead atoms. The zero-order chi connectivity index (χ0) is 15.8. The van der Waals surface area contributed by atoms with Gasteiger partial charge in [-0.2, -0.15) is 0 Å². The molecule has 116 valence electrons. The number of carbonyl (C=O) groups excluding carboxylic acids is 1. The third-order valence-corrected chi connectivity index (χ3v) is 3.45. The van der Waals surface area contributed by atoms with Gasteiger partial charge in [-0.25, -0.2) is 4.79 Å². The largest absolute Gasteiger partial charge is 0.480 e. The molecule has 0 fully saturated rings. The van der Waals surface area contributed by atoms with E-state index in [1.165, 1.54) is 4.90 Å². The van der Waals surface area contributed by atoms with Crippen LogP contribution in [0.3, 0.4) is 0 Å². The van der Waals surface area contributed by atoms with Gasteiger partial charge in [0.15, 0.2) is 0 Å². The van der Waals surface area contributed by atoms with E-state index in [0.29, 0.717) is 19.5 Å². The molecule has 0 saturated heterocycles. The maximum Gasteiger partial charge on any atom is 0.323 e. The summed E-state index contributed by atoms with van der Waals surface area (Å²) in [7, 11) is 0. The minimum Gasteiger partial charge on any atom is -0.480 e. The van der Waals surface area contributed by atoms with E-state index in [4.69, 9.17) is 5.11 Å². The van der Waals surface area contributed by atoms with Crippen molar-refractivity contribution in [2.24, 2.45) is 0 Å². The lowest BCUT2D eigenvalue weighted by Gasteiger charge is -2.32. The van der Waals surface area contributed by atoms with Gasteiger partial charge < -0.3 is 14.9 Å². The Kier molecular flexibility index (Phi) is 6.65. The van der Waals surface area contributed by atoms with Crippen LogP contribution < -0.4 is 0 Å². The van der Waals surface area contributed by atoms with Crippen LogP contribution in [0.4, 0.5) is 4.79 Å². The number of carboxylic acids is 1. The van der Waals surface area contributed by atoms with Crippen LogP contribution in [0, 0.1) is 0 Å². The Hall–Kier alpha value is -2.11. The number of aliphatic carboxylic acids is 1. The molecule has 1 N–H and O–H groups in total. The minimum absolute atomic E-state index is 0.111. The summed E-state index contributed by atoms with van der Waals surface area (Å²) in [6, 6.07) is 3.34. The second-order valence-electron chi connectivity index (χ2n) is 4.93. The number of nitrogens with zero attached hydrogens (tertiary/aromatic N) is 3. The summed E-state index contributed by atoms with van der Waals surface area (Å²) in [5.41, 5.74) is 0.972. The first-order valence-corrected chi connectivity index (χ1v) is 7.15. The first kappa shape index (κ1) is 16.9. The van der Waals surface area contributed by atoms with Gasteiger partial charge in [0.05, 0.1) is 0 Å². The summed E-state index contributed by atoms with van der Waals surface area (Å²) in [6.45, 7) is 6.38. The standard InChI is InChI=1S/C15H23N3O3/c1-4-12(3)18(11-14(19)20)15(21)17(5-2)10-13-6-8-16-9-7-13/h6-9,12H,4-5,10-11H2,1-3H3,(H,19,20). The maximum atomic E-state index is 12.6. The number of amides is 2. The molecule has 6 nitrogen and oxygen atoms in total. The SMILES string of the molecule is CCC(C)N(CC(=O)O)C(=O)N(CC)Cc1ccncc1. The predicted molar refractivity (Wildman–Crippen MR) is 79.8 cm³/mol. The zero-order valence-electron chi connectivity index (χ0n) is 12.8. The van der Waals surface area contributed by atoms with E-state index in [2.05, 4.69) is 4.98 Å². The molecule has 1 heterocycles. The van der Waals surface area contributed by atoms with Crippen molar-refractivity contribution in [1.29, 1.82) is 0 Å². The summed E-state index contributed by atoms with van der Waals surface area (Å²) < 4.78 is 0. The maximum absolute atomic E-state index is 12.6. The monoisotopic (exact) mass is 293 g/mol. The highest BCUT2D eigenvalue weighted by Crippen LogP contribution is 2.11. The van der Waals surface area contributed by atoms with Gasteiger partial charge in [-0.1, -0.05) is 6.92 Å². The molecule has 0 spiro atoms. The summed E-state index contributed by atoms with van der Waals surface area (Å²) in [5.74, 6) is -0.997. The lowest BCUT2D eigenvalue weighted by molar-refractivity contribution is -0.138. The van der Waals surface area contributed by atoms with Crippen LogP contribution in [-0.4, -0.2) is 51.0 Å². The molecule has 1 aromatic heterocycles. The van der Waals surface area contributed by atoms with Crippen molar-refractivity contribution in [3.63, 3.8) is 0 Å². The van der Waals surface area contributed by atoms with Crippen molar-refractivity contribution in [2.45, 2.75) is 39.8 Å². The highest BCUT2D eigenvalue weighted by molar-refractivity contribution is 5.80. The molecule has 0 saturated carbocycles. The van der Waals surface area contributed by atoms with E-state index < -0.39 is 5.97 Å². The van der Waals surface area contributed by atoms with Gasteiger partial charge in [-0.15, -0.1) is 0 Å². The second-order valence-corrected chi connectivity index (χ2v) is 4.93. The van der Waals surface area contributed by atoms with E-state index in [0.717, 1.165) is 5.56 Å².